The molecule has 1 aliphatic carbocycles. The fraction of sp³-hybridized carbons (Fsp3) is 0.200. The monoisotopic (exact) mass is 621 g/mol. The van der Waals surface area contributed by atoms with Crippen molar-refractivity contribution in [2.45, 2.75) is 44.2 Å². The fourth-order valence-corrected chi connectivity index (χ4v) is 6.27. The van der Waals surface area contributed by atoms with Gasteiger partial charge in [0.2, 0.25) is 11.8 Å². The third-order valence-corrected chi connectivity index (χ3v) is 8.72. The number of carboxylic acid groups (broad SMARTS) is 1. The zero-order valence-corrected chi connectivity index (χ0v) is 25.1. The lowest BCUT2D eigenvalue weighted by molar-refractivity contribution is -0.115. The van der Waals surface area contributed by atoms with Gasteiger partial charge in [-0.1, -0.05) is 36.4 Å². The van der Waals surface area contributed by atoms with Crippen LogP contribution in [-0.4, -0.2) is 40.0 Å². The zero-order valence-electron chi connectivity index (χ0n) is 24.3. The molecule has 0 atom stereocenters. The van der Waals surface area contributed by atoms with Crippen molar-refractivity contribution in [1.82, 2.24) is 10.3 Å². The Hall–Kier alpha value is -5.22. The number of hydrogen-bond acceptors (Lipinski definition) is 7. The first kappa shape index (κ1) is 29.8. The molecule has 2 aromatic heterocycles. The topological polar surface area (TPSA) is 127 Å². The number of nitrogens with zero attached hydrogens (tertiary/aromatic N) is 1. The molecule has 10 heteroatoms. The van der Waals surface area contributed by atoms with E-state index in [4.69, 9.17) is 9.47 Å². The average molecular weight is 622 g/mol. The van der Waals surface area contributed by atoms with Crippen LogP contribution in [0.15, 0.2) is 97.2 Å². The number of carboxylic acids is 1. The molecule has 0 saturated heterocycles. The molecule has 0 spiro atoms. The Morgan fingerprint density at radius 1 is 0.867 bits per heavy atom. The smallest absolute Gasteiger partial charge is 0.337 e. The van der Waals surface area contributed by atoms with E-state index < -0.39 is 5.97 Å². The molecule has 228 valence electrons. The summed E-state index contributed by atoms with van der Waals surface area (Å²) >= 11 is 1.52. The largest absolute Gasteiger partial charge is 0.490 e. The van der Waals surface area contributed by atoms with Crippen LogP contribution in [0, 0.1) is 0 Å². The minimum absolute atomic E-state index is 0.00933. The number of carbonyl (C=O) groups excluding carboxylic acids is 2. The summed E-state index contributed by atoms with van der Waals surface area (Å²) in [7, 11) is 0. The molecular formula is C35H31N3O6S. The highest BCUT2D eigenvalue weighted by Crippen LogP contribution is 2.29. The third kappa shape index (κ3) is 7.66. The molecule has 1 fully saturated rings. The molecule has 3 N–H and O–H groups in total. The Bertz CT molecular complexity index is 1780. The second-order valence-corrected chi connectivity index (χ2v) is 12.0. The number of para-hydroxylation sites is 1. The minimum atomic E-state index is -1.11. The van der Waals surface area contributed by atoms with E-state index >= 15 is 0 Å². The maximum atomic E-state index is 12.8. The van der Waals surface area contributed by atoms with E-state index in [0.29, 0.717) is 17.2 Å². The van der Waals surface area contributed by atoms with Gasteiger partial charge in [0, 0.05) is 23.0 Å². The van der Waals surface area contributed by atoms with Gasteiger partial charge in [-0.05, 0) is 85.2 Å². The molecule has 0 aliphatic heterocycles. The summed E-state index contributed by atoms with van der Waals surface area (Å²) in [6, 6.07) is 27.1. The number of pyridine rings is 1. The summed E-state index contributed by atoms with van der Waals surface area (Å²) < 4.78 is 13.2. The van der Waals surface area contributed by atoms with E-state index in [1.54, 1.807) is 36.5 Å². The van der Waals surface area contributed by atoms with Crippen LogP contribution in [0.5, 0.6) is 17.4 Å². The van der Waals surface area contributed by atoms with Crippen LogP contribution in [-0.2, 0) is 11.2 Å². The van der Waals surface area contributed by atoms with Crippen molar-refractivity contribution in [3.63, 3.8) is 0 Å². The number of nitrogens with one attached hydrogen (secondary N) is 2. The molecule has 2 heterocycles. The van der Waals surface area contributed by atoms with Gasteiger partial charge in [0.25, 0.3) is 5.91 Å². The molecule has 9 nitrogen and oxygen atoms in total. The number of ether oxygens (including phenoxy) is 2. The molecule has 3 aromatic carbocycles. The maximum Gasteiger partial charge on any atom is 0.337 e. The van der Waals surface area contributed by atoms with E-state index in [9.17, 15) is 19.5 Å². The minimum Gasteiger partial charge on any atom is -0.490 e. The quantitative estimate of drug-likeness (QED) is 0.152. The van der Waals surface area contributed by atoms with Gasteiger partial charge in [0.05, 0.1) is 28.7 Å². The Morgan fingerprint density at radius 2 is 1.60 bits per heavy atom. The van der Waals surface area contributed by atoms with Gasteiger partial charge < -0.3 is 25.2 Å². The maximum absolute atomic E-state index is 12.8. The van der Waals surface area contributed by atoms with Crippen LogP contribution in [0.2, 0.25) is 0 Å². The highest BCUT2D eigenvalue weighted by molar-refractivity contribution is 7.20. The molecule has 45 heavy (non-hydrogen) atoms. The normalized spacial score (nSPS) is 16.1. The molecule has 6 rings (SSSR count). The number of aromatic nitrogens is 1. The van der Waals surface area contributed by atoms with Gasteiger partial charge >= 0.3 is 5.97 Å². The van der Waals surface area contributed by atoms with Crippen LogP contribution in [0.1, 0.15) is 51.3 Å². The summed E-state index contributed by atoms with van der Waals surface area (Å²) in [6.45, 7) is 0. The highest BCUT2D eigenvalue weighted by Gasteiger charge is 2.24. The molecule has 5 aromatic rings. The molecule has 1 aliphatic rings. The van der Waals surface area contributed by atoms with Gasteiger partial charge in [-0.2, -0.15) is 0 Å². The van der Waals surface area contributed by atoms with Crippen LogP contribution >= 0.6 is 11.3 Å². The number of rotatable bonds is 10. The first-order valence-corrected chi connectivity index (χ1v) is 15.5. The van der Waals surface area contributed by atoms with Crippen molar-refractivity contribution in [2.24, 2.45) is 0 Å². The van der Waals surface area contributed by atoms with Crippen LogP contribution in [0.25, 0.3) is 10.1 Å². The van der Waals surface area contributed by atoms with E-state index in [2.05, 4.69) is 15.6 Å². The summed E-state index contributed by atoms with van der Waals surface area (Å²) in [6.07, 6.45) is 5.11. The van der Waals surface area contributed by atoms with Crippen molar-refractivity contribution in [2.75, 3.05) is 5.32 Å². The lowest BCUT2D eigenvalue weighted by Crippen LogP contribution is -2.39. The number of benzene rings is 3. The first-order chi connectivity index (χ1) is 21.9. The van der Waals surface area contributed by atoms with Crippen molar-refractivity contribution in [1.29, 1.82) is 0 Å². The summed E-state index contributed by atoms with van der Waals surface area (Å²) in [5, 5.41) is 16.2. The Morgan fingerprint density at radius 3 is 2.33 bits per heavy atom. The van der Waals surface area contributed by atoms with Crippen molar-refractivity contribution in [3.8, 4) is 17.4 Å². The third-order valence-electron chi connectivity index (χ3n) is 7.60. The number of thiophene rings is 1. The summed E-state index contributed by atoms with van der Waals surface area (Å²) in [5.41, 5.74) is 0.932. The second kappa shape index (κ2) is 13.6. The fourth-order valence-electron chi connectivity index (χ4n) is 5.31. The van der Waals surface area contributed by atoms with Crippen LogP contribution < -0.4 is 20.1 Å². The van der Waals surface area contributed by atoms with Gasteiger partial charge in [0.1, 0.15) is 11.5 Å². The van der Waals surface area contributed by atoms with Gasteiger partial charge in [-0.25, -0.2) is 9.78 Å². The molecule has 0 bridgehead atoms. The predicted octanol–water partition coefficient (Wildman–Crippen LogP) is 7.09. The Labute approximate surface area is 263 Å². The Balaban J connectivity index is 0.942. The molecule has 2 amide bonds. The van der Waals surface area contributed by atoms with E-state index in [1.807, 2.05) is 54.6 Å². The number of aromatic carboxylic acids is 1. The summed E-state index contributed by atoms with van der Waals surface area (Å²) in [4.78, 5) is 41.6. The number of anilines is 1. The molecule has 0 radical (unpaired) electrons. The lowest BCUT2D eigenvalue weighted by Gasteiger charge is -2.29. The van der Waals surface area contributed by atoms with E-state index in [-0.39, 0.29) is 41.6 Å². The molecular weight excluding hydrogens is 590 g/mol. The molecule has 0 unspecified atom stereocenters. The molecule has 1 saturated carbocycles. The highest BCUT2D eigenvalue weighted by atomic mass is 32.1. The van der Waals surface area contributed by atoms with Crippen LogP contribution in [0.3, 0.4) is 0 Å². The van der Waals surface area contributed by atoms with E-state index in [0.717, 1.165) is 46.4 Å². The lowest BCUT2D eigenvalue weighted by atomic mass is 9.93. The van der Waals surface area contributed by atoms with Crippen LogP contribution in [0.4, 0.5) is 5.69 Å². The second-order valence-electron chi connectivity index (χ2n) is 10.9. The SMILES string of the molecule is O=C(Cc1ccc(Oc2ccc(OC3CCC(NC(=O)c4cc5ccccc5s4)CC3)cc2)nc1)Nc1ccccc1C(=O)O. The number of hydrogen-bond donors (Lipinski definition) is 3. The van der Waals surface area contributed by atoms with Gasteiger partial charge in [-0.15, -0.1) is 11.3 Å². The van der Waals surface area contributed by atoms with E-state index in [1.165, 1.54) is 17.4 Å². The first-order valence-electron chi connectivity index (χ1n) is 14.7. The Kier molecular flexibility index (Phi) is 9.02. The average Bonchev–Trinajstić information content (AvgIpc) is 3.49. The standard InChI is InChI=1S/C35H31N3O6S/c39-32(38-29-7-3-2-6-28(29)35(41)42)19-22-9-18-33(36-21-22)44-27-16-14-26(15-17-27)43-25-12-10-24(11-13-25)37-34(40)31-20-23-5-1-4-8-30(23)45-31/h1-9,14-18,20-21,24-25H,10-13,19H2,(H,37,40)(H,38,39)(H,41,42). The number of fused-ring (bicyclic) bond motifs is 1. The number of amides is 2. The van der Waals surface area contributed by atoms with Gasteiger partial charge in [-0.3, -0.25) is 9.59 Å². The van der Waals surface area contributed by atoms with Crippen molar-refractivity contribution < 1.29 is 29.0 Å². The predicted molar refractivity (Wildman–Crippen MR) is 172 cm³/mol. The van der Waals surface area contributed by atoms with Gasteiger partial charge in [0.15, 0.2) is 0 Å². The number of carbonyl (C=O) groups is 3. The van der Waals surface area contributed by atoms with Crippen molar-refractivity contribution in [3.05, 3.63) is 113 Å². The van der Waals surface area contributed by atoms with Crippen molar-refractivity contribution >= 4 is 44.9 Å². The summed E-state index contributed by atoms with van der Waals surface area (Å²) in [5.74, 6) is 0.254. The zero-order chi connectivity index (χ0) is 31.2.